The van der Waals surface area contributed by atoms with Crippen LogP contribution in [0.5, 0.6) is 0 Å². The van der Waals surface area contributed by atoms with Gasteiger partial charge in [0.05, 0.1) is 11.4 Å². The number of hydrogen-bond donors (Lipinski definition) is 4. The van der Waals surface area contributed by atoms with Crippen LogP contribution in [0.4, 0.5) is 11.4 Å². The van der Waals surface area contributed by atoms with Crippen molar-refractivity contribution in [2.24, 2.45) is 27.2 Å². The van der Waals surface area contributed by atoms with Crippen LogP contribution in [-0.4, -0.2) is 18.0 Å². The average Bonchev–Trinajstić information content (AvgIpc) is 2.41. The molecule has 0 spiro atoms. The maximum atomic E-state index is 5.68. The van der Waals surface area contributed by atoms with Crippen LogP contribution in [0.1, 0.15) is 32.1 Å². The number of hydrogen-bond acceptors (Lipinski definition) is 2. The van der Waals surface area contributed by atoms with Crippen LogP contribution in [-0.2, 0) is 0 Å². The van der Waals surface area contributed by atoms with E-state index in [1.807, 2.05) is 24.3 Å². The lowest BCUT2D eigenvalue weighted by molar-refractivity contribution is 0.463. The highest BCUT2D eigenvalue weighted by atomic mass is 15.1. The summed E-state index contributed by atoms with van der Waals surface area (Å²) in [4.78, 5) is 7.98. The standard InChI is InChI=1S/C14H22N6/c15-13(16)20-14(17)19-12-9-5-4-8-11(12)18-10-6-2-1-3-7-10/h4-5,8-10,18H,1-3,6-7H2,(H6,15,16,17,19,20). The topological polar surface area (TPSA) is 115 Å². The van der Waals surface area contributed by atoms with E-state index in [1.165, 1.54) is 32.1 Å². The average molecular weight is 274 g/mol. The maximum Gasteiger partial charge on any atom is 0.223 e. The van der Waals surface area contributed by atoms with E-state index in [2.05, 4.69) is 15.3 Å². The van der Waals surface area contributed by atoms with E-state index in [0.29, 0.717) is 6.04 Å². The molecule has 1 aromatic rings. The summed E-state index contributed by atoms with van der Waals surface area (Å²) in [7, 11) is 0. The fourth-order valence-corrected chi connectivity index (χ4v) is 2.44. The zero-order chi connectivity index (χ0) is 14.4. The summed E-state index contributed by atoms with van der Waals surface area (Å²) >= 11 is 0. The fraction of sp³-hybridized carbons (Fsp3) is 0.429. The van der Waals surface area contributed by atoms with E-state index in [4.69, 9.17) is 17.2 Å². The van der Waals surface area contributed by atoms with Crippen LogP contribution < -0.4 is 22.5 Å². The zero-order valence-corrected chi connectivity index (χ0v) is 11.5. The van der Waals surface area contributed by atoms with Gasteiger partial charge in [-0.1, -0.05) is 31.4 Å². The second kappa shape index (κ2) is 6.79. The molecule has 0 heterocycles. The van der Waals surface area contributed by atoms with Crippen LogP contribution in [0, 0.1) is 0 Å². The molecule has 0 saturated heterocycles. The largest absolute Gasteiger partial charge is 0.381 e. The van der Waals surface area contributed by atoms with Crippen molar-refractivity contribution in [2.75, 3.05) is 5.32 Å². The van der Waals surface area contributed by atoms with Gasteiger partial charge in [0.2, 0.25) is 5.96 Å². The van der Waals surface area contributed by atoms with Gasteiger partial charge in [-0.3, -0.25) is 0 Å². The number of nitrogens with one attached hydrogen (secondary N) is 1. The van der Waals surface area contributed by atoms with Crippen LogP contribution in [0.25, 0.3) is 0 Å². The van der Waals surface area contributed by atoms with Gasteiger partial charge in [0.1, 0.15) is 0 Å². The van der Waals surface area contributed by atoms with Gasteiger partial charge in [-0.05, 0) is 25.0 Å². The molecule has 0 bridgehead atoms. The van der Waals surface area contributed by atoms with Gasteiger partial charge in [-0.25, -0.2) is 4.99 Å². The molecule has 6 nitrogen and oxygen atoms in total. The zero-order valence-electron chi connectivity index (χ0n) is 11.5. The van der Waals surface area contributed by atoms with E-state index in [9.17, 15) is 0 Å². The van der Waals surface area contributed by atoms with Crippen molar-refractivity contribution in [3.63, 3.8) is 0 Å². The van der Waals surface area contributed by atoms with Gasteiger partial charge in [-0.2, -0.15) is 4.99 Å². The van der Waals surface area contributed by atoms with Gasteiger partial charge in [0.25, 0.3) is 0 Å². The van der Waals surface area contributed by atoms with Crippen molar-refractivity contribution in [1.29, 1.82) is 0 Å². The third-order valence-corrected chi connectivity index (χ3v) is 3.35. The Morgan fingerprint density at radius 1 is 1.05 bits per heavy atom. The molecular formula is C14H22N6. The van der Waals surface area contributed by atoms with Crippen molar-refractivity contribution in [2.45, 2.75) is 38.1 Å². The number of guanidine groups is 2. The summed E-state index contributed by atoms with van der Waals surface area (Å²) in [5, 5.41) is 3.53. The van der Waals surface area contributed by atoms with E-state index in [1.54, 1.807) is 0 Å². The van der Waals surface area contributed by atoms with Crippen LogP contribution >= 0.6 is 0 Å². The highest BCUT2D eigenvalue weighted by Gasteiger charge is 2.14. The minimum absolute atomic E-state index is 0.0582. The molecule has 1 saturated carbocycles. The van der Waals surface area contributed by atoms with Crippen molar-refractivity contribution < 1.29 is 0 Å². The Bertz CT molecular complexity index is 498. The molecule has 7 N–H and O–H groups in total. The highest BCUT2D eigenvalue weighted by Crippen LogP contribution is 2.28. The minimum Gasteiger partial charge on any atom is -0.381 e. The summed E-state index contributed by atoms with van der Waals surface area (Å²) in [6, 6.07) is 8.27. The van der Waals surface area contributed by atoms with Crippen LogP contribution in [0.15, 0.2) is 34.3 Å². The number of benzene rings is 1. The second-order valence-corrected chi connectivity index (χ2v) is 5.00. The Labute approximate surface area is 119 Å². The monoisotopic (exact) mass is 274 g/mol. The minimum atomic E-state index is -0.0935. The van der Waals surface area contributed by atoms with E-state index in [-0.39, 0.29) is 11.9 Å². The molecule has 0 radical (unpaired) electrons. The summed E-state index contributed by atoms with van der Waals surface area (Å²) in [6.45, 7) is 0. The van der Waals surface area contributed by atoms with Gasteiger partial charge in [0.15, 0.2) is 5.96 Å². The molecule has 2 rings (SSSR count). The molecule has 1 fully saturated rings. The number of aliphatic imine (C=N–C) groups is 2. The van der Waals surface area contributed by atoms with Gasteiger partial charge < -0.3 is 22.5 Å². The first kappa shape index (κ1) is 14.2. The lowest BCUT2D eigenvalue weighted by Crippen LogP contribution is -2.26. The van der Waals surface area contributed by atoms with Crippen molar-refractivity contribution in [3.8, 4) is 0 Å². The molecular weight excluding hydrogens is 252 g/mol. The van der Waals surface area contributed by atoms with Crippen molar-refractivity contribution in [1.82, 2.24) is 0 Å². The van der Waals surface area contributed by atoms with Crippen molar-refractivity contribution >= 4 is 23.3 Å². The van der Waals surface area contributed by atoms with Gasteiger partial charge in [-0.15, -0.1) is 0 Å². The quantitative estimate of drug-likeness (QED) is 0.495. The lowest BCUT2D eigenvalue weighted by atomic mass is 9.95. The van der Waals surface area contributed by atoms with Gasteiger partial charge in [0, 0.05) is 6.04 Å². The Morgan fingerprint density at radius 3 is 2.45 bits per heavy atom. The molecule has 0 atom stereocenters. The smallest absolute Gasteiger partial charge is 0.223 e. The molecule has 108 valence electrons. The van der Waals surface area contributed by atoms with E-state index >= 15 is 0 Å². The fourth-order valence-electron chi connectivity index (χ4n) is 2.44. The molecule has 6 heteroatoms. The van der Waals surface area contributed by atoms with Crippen molar-refractivity contribution in [3.05, 3.63) is 24.3 Å². The Kier molecular flexibility index (Phi) is 4.81. The molecule has 0 unspecified atom stereocenters. The van der Waals surface area contributed by atoms with E-state index in [0.717, 1.165) is 11.4 Å². The summed E-state index contributed by atoms with van der Waals surface area (Å²) in [6.07, 6.45) is 6.27. The number of para-hydroxylation sites is 2. The van der Waals surface area contributed by atoms with E-state index < -0.39 is 0 Å². The number of nitrogens with zero attached hydrogens (tertiary/aromatic N) is 2. The summed E-state index contributed by atoms with van der Waals surface area (Å²) in [5.41, 5.74) is 18.0. The molecule has 20 heavy (non-hydrogen) atoms. The number of nitrogens with two attached hydrogens (primary N) is 3. The summed E-state index contributed by atoms with van der Waals surface area (Å²) < 4.78 is 0. The SMILES string of the molecule is NC(N)=NC(N)=Nc1ccccc1NC1CCCCC1. The first-order chi connectivity index (χ1) is 9.65. The molecule has 0 aromatic heterocycles. The van der Waals surface area contributed by atoms with Crippen LogP contribution in [0.3, 0.4) is 0 Å². The van der Waals surface area contributed by atoms with Crippen LogP contribution in [0.2, 0.25) is 0 Å². The summed E-state index contributed by atoms with van der Waals surface area (Å²) in [5.74, 6) is -0.0353. The first-order valence-electron chi connectivity index (χ1n) is 6.94. The first-order valence-corrected chi connectivity index (χ1v) is 6.94. The Morgan fingerprint density at radius 2 is 1.75 bits per heavy atom. The molecule has 1 aliphatic carbocycles. The lowest BCUT2D eigenvalue weighted by Gasteiger charge is -2.24. The molecule has 1 aliphatic rings. The normalized spacial score (nSPS) is 16.7. The molecule has 0 aliphatic heterocycles. The number of rotatable bonds is 3. The predicted octanol–water partition coefficient (Wildman–Crippen LogP) is 1.65. The number of anilines is 1. The second-order valence-electron chi connectivity index (χ2n) is 5.00. The highest BCUT2D eigenvalue weighted by molar-refractivity contribution is 5.94. The maximum absolute atomic E-state index is 5.68. The molecule has 0 amide bonds. The predicted molar refractivity (Wildman–Crippen MR) is 84.0 cm³/mol. The van der Waals surface area contributed by atoms with Gasteiger partial charge >= 0.3 is 0 Å². The Balaban J connectivity index is 2.15. The third kappa shape index (κ3) is 4.15. The molecule has 1 aromatic carbocycles. The third-order valence-electron chi connectivity index (χ3n) is 3.35. The Hall–Kier alpha value is -2.24.